The summed E-state index contributed by atoms with van der Waals surface area (Å²) in [5, 5.41) is 0.959. The Hall–Kier alpha value is -0.100. The van der Waals surface area contributed by atoms with Crippen LogP contribution in [0.1, 0.15) is 18.2 Å². The summed E-state index contributed by atoms with van der Waals surface area (Å²) in [6, 6.07) is 2.15. The van der Waals surface area contributed by atoms with Crippen LogP contribution in [0.25, 0.3) is 0 Å². The molecule has 1 aromatic heterocycles. The van der Waals surface area contributed by atoms with E-state index in [1.165, 1.54) is 11.3 Å². The molecule has 1 aliphatic heterocycles. The summed E-state index contributed by atoms with van der Waals surface area (Å²) < 4.78 is 6.34. The van der Waals surface area contributed by atoms with Crippen LogP contribution < -0.4 is 10.5 Å². The predicted molar refractivity (Wildman–Crippen MR) is 75.6 cm³/mol. The van der Waals surface area contributed by atoms with E-state index in [1.54, 1.807) is 18.4 Å². The summed E-state index contributed by atoms with van der Waals surface area (Å²) in [5.74, 6) is 0. The molecule has 0 aromatic carbocycles. The largest absolute Gasteiger partial charge is 0.486 e. The smallest absolute Gasteiger partial charge is 0.188 e. The van der Waals surface area contributed by atoms with Crippen molar-refractivity contribution < 1.29 is 4.74 Å². The molecule has 2 rings (SSSR count). The van der Waals surface area contributed by atoms with Crippen LogP contribution in [0.15, 0.2) is 10.5 Å². The Kier molecular flexibility index (Phi) is 4.13. The van der Waals surface area contributed by atoms with E-state index in [4.69, 9.17) is 10.5 Å². The molecule has 1 saturated heterocycles. The van der Waals surface area contributed by atoms with Gasteiger partial charge in [-0.3, -0.25) is 4.90 Å². The Labute approximate surface area is 115 Å². The van der Waals surface area contributed by atoms with Gasteiger partial charge in [0.1, 0.15) is 0 Å². The fourth-order valence-electron chi connectivity index (χ4n) is 2.26. The third-order valence-corrected chi connectivity index (χ3v) is 5.33. The second kappa shape index (κ2) is 5.26. The van der Waals surface area contributed by atoms with E-state index in [-0.39, 0.29) is 0 Å². The van der Waals surface area contributed by atoms with Crippen molar-refractivity contribution in [1.82, 2.24) is 4.90 Å². The van der Waals surface area contributed by atoms with Gasteiger partial charge >= 0.3 is 0 Å². The van der Waals surface area contributed by atoms with Gasteiger partial charge in [-0.1, -0.05) is 6.92 Å². The molecule has 1 aromatic rings. The van der Waals surface area contributed by atoms with Crippen LogP contribution in [0.2, 0.25) is 0 Å². The van der Waals surface area contributed by atoms with Gasteiger partial charge < -0.3 is 10.5 Å². The number of halogens is 1. The predicted octanol–water partition coefficient (Wildman–Crippen LogP) is 2.69. The average molecular weight is 319 g/mol. The third-order valence-electron chi connectivity index (χ3n) is 3.40. The van der Waals surface area contributed by atoms with Crippen LogP contribution in [0.4, 0.5) is 0 Å². The number of ether oxygens (including phenoxy) is 1. The van der Waals surface area contributed by atoms with Gasteiger partial charge in [-0.2, -0.15) is 0 Å². The molecule has 3 nitrogen and oxygen atoms in total. The second-order valence-corrected chi connectivity index (χ2v) is 6.98. The molecule has 2 N–H and O–H groups in total. The number of methoxy groups -OCH3 is 1. The van der Waals surface area contributed by atoms with Crippen LogP contribution in [0, 0.1) is 5.41 Å². The summed E-state index contributed by atoms with van der Waals surface area (Å²) in [6.45, 7) is 6.30. The average Bonchev–Trinajstić information content (AvgIpc) is 2.84. The number of thiophene rings is 1. The SMILES string of the molecule is COc1sc(CN2CCC(C)(CN)C2)cc1Br. The molecule has 0 aliphatic carbocycles. The fraction of sp³-hybridized carbons (Fsp3) is 0.667. The molecule has 0 saturated carbocycles. The minimum Gasteiger partial charge on any atom is -0.486 e. The van der Waals surface area contributed by atoms with Gasteiger partial charge in [0.2, 0.25) is 0 Å². The lowest BCUT2D eigenvalue weighted by molar-refractivity contribution is 0.276. The van der Waals surface area contributed by atoms with E-state index in [0.29, 0.717) is 5.41 Å². The van der Waals surface area contributed by atoms with Gasteiger partial charge in [0, 0.05) is 18.0 Å². The molecule has 0 spiro atoms. The van der Waals surface area contributed by atoms with Crippen LogP contribution in [0.3, 0.4) is 0 Å². The molecule has 1 unspecified atom stereocenters. The number of hydrogen-bond donors (Lipinski definition) is 1. The van der Waals surface area contributed by atoms with Crippen molar-refractivity contribution >= 4 is 27.3 Å². The molecule has 2 heterocycles. The highest BCUT2D eigenvalue weighted by molar-refractivity contribution is 9.10. The Morgan fingerprint density at radius 1 is 1.65 bits per heavy atom. The Morgan fingerprint density at radius 3 is 2.94 bits per heavy atom. The van der Waals surface area contributed by atoms with Crippen LogP contribution in [0.5, 0.6) is 5.06 Å². The molecule has 1 atom stereocenters. The van der Waals surface area contributed by atoms with E-state index >= 15 is 0 Å². The van der Waals surface area contributed by atoms with E-state index < -0.39 is 0 Å². The first kappa shape index (κ1) is 13.3. The monoisotopic (exact) mass is 318 g/mol. The Balaban J connectivity index is 1.98. The first-order valence-electron chi connectivity index (χ1n) is 5.81. The normalized spacial score (nSPS) is 25.4. The summed E-state index contributed by atoms with van der Waals surface area (Å²) in [6.07, 6.45) is 1.20. The number of likely N-dealkylation sites (tertiary alicyclic amines) is 1. The number of rotatable bonds is 4. The molecule has 0 radical (unpaired) electrons. The van der Waals surface area contributed by atoms with E-state index in [0.717, 1.165) is 35.7 Å². The maximum Gasteiger partial charge on any atom is 0.188 e. The Bertz CT molecular complexity index is 396. The van der Waals surface area contributed by atoms with Crippen molar-refractivity contribution in [1.29, 1.82) is 0 Å². The van der Waals surface area contributed by atoms with Crippen molar-refractivity contribution in [3.05, 3.63) is 15.4 Å². The van der Waals surface area contributed by atoms with Crippen molar-refractivity contribution in [2.45, 2.75) is 19.9 Å². The summed E-state index contributed by atoms with van der Waals surface area (Å²) in [7, 11) is 1.71. The first-order chi connectivity index (χ1) is 8.06. The fourth-order valence-corrected chi connectivity index (χ4v) is 4.00. The highest BCUT2D eigenvalue weighted by Gasteiger charge is 2.32. The standard InChI is InChI=1S/C12H19BrN2OS/c1-12(7-14)3-4-15(8-12)6-9-5-10(13)11(16-2)17-9/h5H,3-4,6-8,14H2,1-2H3. The third kappa shape index (κ3) is 3.02. The molecular formula is C12H19BrN2OS. The molecule has 5 heteroatoms. The van der Waals surface area contributed by atoms with Crippen molar-refractivity contribution in [3.63, 3.8) is 0 Å². The zero-order valence-corrected chi connectivity index (χ0v) is 12.7. The van der Waals surface area contributed by atoms with Crippen molar-refractivity contribution in [2.24, 2.45) is 11.1 Å². The molecule has 17 heavy (non-hydrogen) atoms. The maximum absolute atomic E-state index is 5.82. The molecule has 0 bridgehead atoms. The number of hydrogen-bond acceptors (Lipinski definition) is 4. The number of nitrogens with two attached hydrogens (primary N) is 1. The van der Waals surface area contributed by atoms with Gasteiger partial charge in [-0.05, 0) is 46.9 Å². The van der Waals surface area contributed by atoms with E-state index in [2.05, 4.69) is 33.8 Å². The van der Waals surface area contributed by atoms with Crippen LogP contribution >= 0.6 is 27.3 Å². The van der Waals surface area contributed by atoms with Crippen molar-refractivity contribution in [3.8, 4) is 5.06 Å². The van der Waals surface area contributed by atoms with E-state index in [9.17, 15) is 0 Å². The minimum absolute atomic E-state index is 0.304. The van der Waals surface area contributed by atoms with Crippen molar-refractivity contribution in [2.75, 3.05) is 26.7 Å². The zero-order valence-electron chi connectivity index (χ0n) is 10.3. The minimum atomic E-state index is 0.304. The lowest BCUT2D eigenvalue weighted by Gasteiger charge is -2.22. The van der Waals surface area contributed by atoms with Gasteiger partial charge in [-0.25, -0.2) is 0 Å². The Morgan fingerprint density at radius 2 is 2.41 bits per heavy atom. The van der Waals surface area contributed by atoms with Crippen LogP contribution in [-0.2, 0) is 6.54 Å². The summed E-state index contributed by atoms with van der Waals surface area (Å²) in [5.41, 5.74) is 6.13. The maximum atomic E-state index is 5.82. The molecule has 1 aliphatic rings. The summed E-state index contributed by atoms with van der Waals surface area (Å²) in [4.78, 5) is 3.82. The van der Waals surface area contributed by atoms with Gasteiger partial charge in [0.25, 0.3) is 0 Å². The molecule has 96 valence electrons. The quantitative estimate of drug-likeness (QED) is 0.927. The molecule has 1 fully saturated rings. The van der Waals surface area contributed by atoms with Crippen LogP contribution in [-0.4, -0.2) is 31.6 Å². The highest BCUT2D eigenvalue weighted by atomic mass is 79.9. The van der Waals surface area contributed by atoms with Gasteiger partial charge in [0.15, 0.2) is 5.06 Å². The summed E-state index contributed by atoms with van der Waals surface area (Å²) >= 11 is 5.22. The second-order valence-electron chi connectivity index (χ2n) is 5.03. The topological polar surface area (TPSA) is 38.5 Å². The highest BCUT2D eigenvalue weighted by Crippen LogP contribution is 2.37. The number of nitrogens with zero attached hydrogens (tertiary/aromatic N) is 1. The molecular weight excluding hydrogens is 300 g/mol. The lowest BCUT2D eigenvalue weighted by Crippen LogP contribution is -2.30. The van der Waals surface area contributed by atoms with E-state index in [1.807, 2.05) is 0 Å². The van der Waals surface area contributed by atoms with Gasteiger partial charge in [0.05, 0.1) is 11.6 Å². The molecule has 0 amide bonds. The van der Waals surface area contributed by atoms with Gasteiger partial charge in [-0.15, -0.1) is 11.3 Å². The zero-order chi connectivity index (χ0) is 12.5. The lowest BCUT2D eigenvalue weighted by atomic mass is 9.90. The first-order valence-corrected chi connectivity index (χ1v) is 7.42.